The Bertz CT molecular complexity index is 1270. The van der Waals surface area contributed by atoms with Crippen LogP contribution in [0.3, 0.4) is 0 Å². The highest BCUT2D eigenvalue weighted by atomic mass is 16.5. The third-order valence-corrected chi connectivity index (χ3v) is 7.68. The van der Waals surface area contributed by atoms with Crippen LogP contribution in [0.5, 0.6) is 0 Å². The van der Waals surface area contributed by atoms with Crippen LogP contribution in [-0.4, -0.2) is 64.6 Å². The number of carbonyl (C=O) groups excluding carboxylic acids is 1. The fraction of sp³-hybridized carbons (Fsp3) is 0.414. The zero-order valence-corrected chi connectivity index (χ0v) is 20.9. The zero-order valence-electron chi connectivity index (χ0n) is 20.9. The molecule has 1 fully saturated rings. The van der Waals surface area contributed by atoms with Gasteiger partial charge in [0.05, 0.1) is 5.69 Å². The molecule has 0 spiro atoms. The largest absolute Gasteiger partial charge is 0.381 e. The van der Waals surface area contributed by atoms with Gasteiger partial charge in [-0.3, -0.25) is 9.69 Å². The summed E-state index contributed by atoms with van der Waals surface area (Å²) in [6.45, 7) is 7.89. The lowest BCUT2D eigenvalue weighted by molar-refractivity contribution is 0.0754. The van der Waals surface area contributed by atoms with Gasteiger partial charge in [0.1, 0.15) is 0 Å². The van der Waals surface area contributed by atoms with Gasteiger partial charge in [0, 0.05) is 69.3 Å². The topological polar surface area (TPSA) is 70.6 Å². The highest BCUT2D eigenvalue weighted by Gasteiger charge is 2.28. The summed E-state index contributed by atoms with van der Waals surface area (Å²) in [5.74, 6) is 0.760. The number of rotatable bonds is 6. The Morgan fingerprint density at radius 2 is 1.86 bits per heavy atom. The first kappa shape index (κ1) is 23.1. The van der Waals surface area contributed by atoms with Crippen molar-refractivity contribution in [1.82, 2.24) is 19.8 Å². The molecule has 3 aromatic rings. The molecule has 1 amide bonds. The number of aryl methyl sites for hydroxylation is 1. The Morgan fingerprint density at radius 3 is 2.72 bits per heavy atom. The third kappa shape index (κ3) is 4.73. The van der Waals surface area contributed by atoms with Crippen LogP contribution in [0.1, 0.15) is 45.5 Å². The van der Waals surface area contributed by atoms with Crippen LogP contribution in [0.2, 0.25) is 0 Å². The molecule has 7 nitrogen and oxygen atoms in total. The number of fused-ring (bicyclic) bond motifs is 2. The number of nitrogens with zero attached hydrogens (tertiary/aromatic N) is 4. The predicted octanol–water partition coefficient (Wildman–Crippen LogP) is 4.06. The van der Waals surface area contributed by atoms with Gasteiger partial charge in [-0.1, -0.05) is 36.4 Å². The van der Waals surface area contributed by atoms with Crippen molar-refractivity contribution >= 4 is 11.9 Å². The molecule has 3 aliphatic heterocycles. The summed E-state index contributed by atoms with van der Waals surface area (Å²) >= 11 is 0. The number of aromatic nitrogens is 2. The second-order valence-electron chi connectivity index (χ2n) is 10.1. The van der Waals surface area contributed by atoms with Crippen molar-refractivity contribution in [2.24, 2.45) is 0 Å². The molecule has 0 bridgehead atoms. The molecular weight excluding hydrogens is 450 g/mol. The fourth-order valence-corrected chi connectivity index (χ4v) is 5.52. The highest BCUT2D eigenvalue weighted by molar-refractivity contribution is 5.99. The normalized spacial score (nSPS) is 18.2. The second kappa shape index (κ2) is 9.99. The predicted molar refractivity (Wildman–Crippen MR) is 140 cm³/mol. The number of carbonyl (C=O) groups is 1. The van der Waals surface area contributed by atoms with E-state index in [9.17, 15) is 4.79 Å². The van der Waals surface area contributed by atoms with E-state index in [0.29, 0.717) is 18.5 Å². The number of ether oxygens (including phenoxy) is 1. The SMILES string of the molecule is Cc1cnc(NC2CCOCC2)nc1-c1ccc2c(c1)C(=O)N(CCN1CCc3ccccc3C1)C2. The lowest BCUT2D eigenvalue weighted by Gasteiger charge is -2.30. The summed E-state index contributed by atoms with van der Waals surface area (Å²) in [4.78, 5) is 27.1. The van der Waals surface area contributed by atoms with Crippen molar-refractivity contribution in [2.45, 2.75) is 45.3 Å². The van der Waals surface area contributed by atoms with Gasteiger partial charge in [-0.25, -0.2) is 9.97 Å². The van der Waals surface area contributed by atoms with Crippen molar-refractivity contribution in [3.63, 3.8) is 0 Å². The van der Waals surface area contributed by atoms with Crippen molar-refractivity contribution in [3.8, 4) is 11.3 Å². The van der Waals surface area contributed by atoms with Crippen molar-refractivity contribution in [2.75, 3.05) is 38.2 Å². The summed E-state index contributed by atoms with van der Waals surface area (Å²) in [6, 6.07) is 15.2. The molecule has 186 valence electrons. The number of benzene rings is 2. The van der Waals surface area contributed by atoms with Crippen molar-refractivity contribution < 1.29 is 9.53 Å². The molecule has 36 heavy (non-hydrogen) atoms. The minimum atomic E-state index is 0.122. The van der Waals surface area contributed by atoms with Gasteiger partial charge in [-0.05, 0) is 54.5 Å². The molecule has 7 heteroatoms. The number of nitrogens with one attached hydrogen (secondary N) is 1. The average Bonchev–Trinajstić information content (AvgIpc) is 3.23. The smallest absolute Gasteiger partial charge is 0.254 e. The average molecular weight is 484 g/mol. The van der Waals surface area contributed by atoms with Crippen LogP contribution in [-0.2, 0) is 24.2 Å². The number of hydrogen-bond donors (Lipinski definition) is 1. The lowest BCUT2D eigenvalue weighted by Crippen LogP contribution is -2.38. The lowest BCUT2D eigenvalue weighted by atomic mass is 10.00. The van der Waals surface area contributed by atoms with E-state index in [1.165, 1.54) is 11.1 Å². The van der Waals surface area contributed by atoms with E-state index in [-0.39, 0.29) is 5.91 Å². The Hall–Kier alpha value is -3.29. The first-order chi connectivity index (χ1) is 17.6. The van der Waals surface area contributed by atoms with Gasteiger partial charge in [-0.15, -0.1) is 0 Å². The summed E-state index contributed by atoms with van der Waals surface area (Å²) < 4.78 is 5.46. The first-order valence-electron chi connectivity index (χ1n) is 13.0. The first-order valence-corrected chi connectivity index (χ1v) is 13.0. The van der Waals surface area contributed by atoms with Gasteiger partial charge in [0.2, 0.25) is 5.95 Å². The highest BCUT2D eigenvalue weighted by Crippen LogP contribution is 2.30. The van der Waals surface area contributed by atoms with E-state index >= 15 is 0 Å². The summed E-state index contributed by atoms with van der Waals surface area (Å²) in [5, 5.41) is 3.46. The standard InChI is InChI=1S/C29H33N5O2/c1-20-17-30-29(31-25-9-14-36-15-10-25)32-27(20)22-6-7-24-19-34(28(35)26(24)16-22)13-12-33-11-8-21-4-2-3-5-23(21)18-33/h2-7,16-17,25H,8-15,18-19H2,1H3,(H,30,31,32). The second-order valence-corrected chi connectivity index (χ2v) is 10.1. The van der Waals surface area contributed by atoms with Crippen LogP contribution in [0.4, 0.5) is 5.95 Å². The number of hydrogen-bond acceptors (Lipinski definition) is 6. The van der Waals surface area contributed by atoms with Crippen LogP contribution < -0.4 is 5.32 Å². The molecule has 0 aliphatic carbocycles. The van der Waals surface area contributed by atoms with E-state index < -0.39 is 0 Å². The molecule has 3 aliphatic rings. The summed E-state index contributed by atoms with van der Waals surface area (Å²) in [6.07, 6.45) is 4.86. The minimum Gasteiger partial charge on any atom is -0.381 e. The summed E-state index contributed by atoms with van der Waals surface area (Å²) in [5.41, 5.74) is 7.60. The molecule has 0 radical (unpaired) electrons. The van der Waals surface area contributed by atoms with Gasteiger partial charge in [0.15, 0.2) is 0 Å². The van der Waals surface area contributed by atoms with Gasteiger partial charge in [0.25, 0.3) is 5.91 Å². The molecule has 1 N–H and O–H groups in total. The van der Waals surface area contributed by atoms with Crippen molar-refractivity contribution in [1.29, 1.82) is 0 Å². The molecule has 6 rings (SSSR count). The Morgan fingerprint density at radius 1 is 1.03 bits per heavy atom. The van der Waals surface area contributed by atoms with Gasteiger partial charge < -0.3 is 15.0 Å². The van der Waals surface area contributed by atoms with Crippen LogP contribution in [0.15, 0.2) is 48.7 Å². The van der Waals surface area contributed by atoms with E-state index in [1.54, 1.807) is 0 Å². The molecule has 2 aromatic carbocycles. The molecule has 1 saturated heterocycles. The molecule has 0 atom stereocenters. The monoisotopic (exact) mass is 483 g/mol. The maximum absolute atomic E-state index is 13.3. The van der Waals surface area contributed by atoms with Crippen LogP contribution in [0.25, 0.3) is 11.3 Å². The molecular formula is C29H33N5O2. The Kier molecular flexibility index (Phi) is 6.42. The number of amides is 1. The van der Waals surface area contributed by atoms with Crippen LogP contribution >= 0.6 is 0 Å². The van der Waals surface area contributed by atoms with E-state index in [1.807, 2.05) is 24.1 Å². The Labute approximate surface area is 212 Å². The maximum atomic E-state index is 13.3. The fourth-order valence-electron chi connectivity index (χ4n) is 5.52. The van der Waals surface area contributed by atoms with E-state index in [4.69, 9.17) is 9.72 Å². The minimum absolute atomic E-state index is 0.122. The molecule has 4 heterocycles. The van der Waals surface area contributed by atoms with Crippen LogP contribution in [0, 0.1) is 6.92 Å². The number of anilines is 1. The molecule has 0 unspecified atom stereocenters. The maximum Gasteiger partial charge on any atom is 0.254 e. The molecule has 0 saturated carbocycles. The van der Waals surface area contributed by atoms with E-state index in [0.717, 1.165) is 86.6 Å². The molecule has 1 aromatic heterocycles. The Balaban J connectivity index is 1.13. The van der Waals surface area contributed by atoms with E-state index in [2.05, 4.69) is 51.6 Å². The quantitative estimate of drug-likeness (QED) is 0.570. The van der Waals surface area contributed by atoms with Crippen molar-refractivity contribution in [3.05, 3.63) is 76.5 Å². The third-order valence-electron chi connectivity index (χ3n) is 7.68. The van der Waals surface area contributed by atoms with Gasteiger partial charge >= 0.3 is 0 Å². The van der Waals surface area contributed by atoms with Gasteiger partial charge in [-0.2, -0.15) is 0 Å². The summed E-state index contributed by atoms with van der Waals surface area (Å²) in [7, 11) is 0. The zero-order chi connectivity index (χ0) is 24.5.